The van der Waals surface area contributed by atoms with Crippen molar-refractivity contribution in [2.24, 2.45) is 5.92 Å². The van der Waals surface area contributed by atoms with Crippen LogP contribution in [0.15, 0.2) is 12.4 Å². The quantitative estimate of drug-likeness (QED) is 0.717. The van der Waals surface area contributed by atoms with Crippen LogP contribution in [0.1, 0.15) is 44.6 Å². The van der Waals surface area contributed by atoms with Crippen molar-refractivity contribution in [3.63, 3.8) is 0 Å². The summed E-state index contributed by atoms with van der Waals surface area (Å²) < 4.78 is 2.07. The molecule has 2 unspecified atom stereocenters. The Kier molecular flexibility index (Phi) is 3.99. The van der Waals surface area contributed by atoms with Crippen molar-refractivity contribution in [2.75, 3.05) is 13.1 Å². The molecule has 0 saturated heterocycles. The van der Waals surface area contributed by atoms with Gasteiger partial charge in [0, 0.05) is 12.7 Å². The van der Waals surface area contributed by atoms with E-state index in [1.165, 1.54) is 24.9 Å². The van der Waals surface area contributed by atoms with Crippen molar-refractivity contribution in [3.05, 3.63) is 18.0 Å². The van der Waals surface area contributed by atoms with Gasteiger partial charge in [-0.15, -0.1) is 0 Å². The average molecular weight is 221 g/mol. The first-order valence-electron chi connectivity index (χ1n) is 6.58. The first kappa shape index (κ1) is 11.6. The second kappa shape index (κ2) is 5.48. The minimum atomic E-state index is 0.773. The molecule has 1 fully saturated rings. The van der Waals surface area contributed by atoms with E-state index in [-0.39, 0.29) is 0 Å². The molecule has 0 amide bonds. The molecule has 90 valence electrons. The predicted octanol–water partition coefficient (Wildman–Crippen LogP) is 2.40. The summed E-state index contributed by atoms with van der Waals surface area (Å²) in [5.74, 6) is 1.63. The smallest absolute Gasteiger partial charge is 0.0524 e. The SMILES string of the molecule is CCCNCC1CC1c1cnn(CCC)c1. The van der Waals surface area contributed by atoms with Crippen LogP contribution in [-0.4, -0.2) is 22.9 Å². The molecular formula is C13H23N3. The molecular weight excluding hydrogens is 198 g/mol. The Morgan fingerprint density at radius 1 is 1.44 bits per heavy atom. The van der Waals surface area contributed by atoms with Crippen molar-refractivity contribution in [1.82, 2.24) is 15.1 Å². The van der Waals surface area contributed by atoms with E-state index in [4.69, 9.17) is 0 Å². The highest BCUT2D eigenvalue weighted by molar-refractivity contribution is 5.20. The maximum Gasteiger partial charge on any atom is 0.0524 e. The van der Waals surface area contributed by atoms with E-state index in [0.29, 0.717) is 0 Å². The number of aryl methyl sites for hydroxylation is 1. The number of nitrogens with one attached hydrogen (secondary N) is 1. The Morgan fingerprint density at radius 3 is 3.06 bits per heavy atom. The van der Waals surface area contributed by atoms with Crippen molar-refractivity contribution >= 4 is 0 Å². The second-order valence-electron chi connectivity index (χ2n) is 4.84. The van der Waals surface area contributed by atoms with E-state index in [0.717, 1.165) is 31.3 Å². The third kappa shape index (κ3) is 2.85. The van der Waals surface area contributed by atoms with Gasteiger partial charge in [0.05, 0.1) is 6.20 Å². The van der Waals surface area contributed by atoms with Gasteiger partial charge in [-0.05, 0) is 49.8 Å². The van der Waals surface area contributed by atoms with Gasteiger partial charge in [0.1, 0.15) is 0 Å². The fourth-order valence-electron chi connectivity index (χ4n) is 2.27. The summed E-state index contributed by atoms with van der Waals surface area (Å²) in [4.78, 5) is 0. The fourth-order valence-corrected chi connectivity index (χ4v) is 2.27. The molecule has 2 atom stereocenters. The van der Waals surface area contributed by atoms with Crippen molar-refractivity contribution in [2.45, 2.75) is 45.6 Å². The zero-order chi connectivity index (χ0) is 11.4. The maximum atomic E-state index is 4.39. The zero-order valence-electron chi connectivity index (χ0n) is 10.4. The Hall–Kier alpha value is -0.830. The molecule has 1 aliphatic rings. The van der Waals surface area contributed by atoms with Gasteiger partial charge in [0.15, 0.2) is 0 Å². The van der Waals surface area contributed by atoms with Crippen LogP contribution in [0, 0.1) is 5.92 Å². The molecule has 1 aliphatic carbocycles. The Morgan fingerprint density at radius 2 is 2.31 bits per heavy atom. The van der Waals surface area contributed by atoms with Gasteiger partial charge in [-0.25, -0.2) is 0 Å². The molecule has 1 saturated carbocycles. The first-order valence-corrected chi connectivity index (χ1v) is 6.58. The van der Waals surface area contributed by atoms with Crippen molar-refractivity contribution < 1.29 is 0 Å². The van der Waals surface area contributed by atoms with Crippen LogP contribution in [0.4, 0.5) is 0 Å². The molecule has 1 aromatic rings. The van der Waals surface area contributed by atoms with Crippen LogP contribution in [0.3, 0.4) is 0 Å². The van der Waals surface area contributed by atoms with E-state index in [9.17, 15) is 0 Å². The first-order chi connectivity index (χ1) is 7.85. The average Bonchev–Trinajstić information content (AvgIpc) is 2.90. The highest BCUT2D eigenvalue weighted by Crippen LogP contribution is 2.46. The lowest BCUT2D eigenvalue weighted by atomic mass is 10.2. The standard InChI is InChI=1S/C13H23N3/c1-3-5-14-8-11-7-13(11)12-9-15-16(10-12)6-4-2/h9-11,13-14H,3-8H2,1-2H3. The van der Waals surface area contributed by atoms with Gasteiger partial charge in [0.2, 0.25) is 0 Å². The minimum Gasteiger partial charge on any atom is -0.316 e. The van der Waals surface area contributed by atoms with E-state index in [1.807, 2.05) is 0 Å². The van der Waals surface area contributed by atoms with Crippen LogP contribution in [-0.2, 0) is 6.54 Å². The third-order valence-electron chi connectivity index (χ3n) is 3.29. The van der Waals surface area contributed by atoms with Gasteiger partial charge < -0.3 is 5.32 Å². The van der Waals surface area contributed by atoms with Gasteiger partial charge in [-0.2, -0.15) is 5.10 Å². The topological polar surface area (TPSA) is 29.9 Å². The van der Waals surface area contributed by atoms with Gasteiger partial charge in [0.25, 0.3) is 0 Å². The van der Waals surface area contributed by atoms with E-state index < -0.39 is 0 Å². The zero-order valence-corrected chi connectivity index (χ0v) is 10.4. The fraction of sp³-hybridized carbons (Fsp3) is 0.769. The molecule has 3 heteroatoms. The molecule has 1 aromatic heterocycles. The van der Waals surface area contributed by atoms with Crippen LogP contribution in [0.25, 0.3) is 0 Å². The molecule has 16 heavy (non-hydrogen) atoms. The molecule has 1 N–H and O–H groups in total. The molecule has 0 spiro atoms. The van der Waals surface area contributed by atoms with Crippen molar-refractivity contribution in [1.29, 1.82) is 0 Å². The van der Waals surface area contributed by atoms with Gasteiger partial charge in [-0.3, -0.25) is 4.68 Å². The summed E-state index contributed by atoms with van der Waals surface area (Å²) in [6, 6.07) is 0. The van der Waals surface area contributed by atoms with E-state index in [1.54, 1.807) is 0 Å². The number of rotatable bonds is 7. The second-order valence-corrected chi connectivity index (χ2v) is 4.84. The van der Waals surface area contributed by atoms with Gasteiger partial charge in [-0.1, -0.05) is 13.8 Å². The van der Waals surface area contributed by atoms with Crippen LogP contribution in [0.5, 0.6) is 0 Å². The Bertz CT molecular complexity index is 319. The summed E-state index contributed by atoms with van der Waals surface area (Å²) in [5.41, 5.74) is 1.44. The normalized spacial score (nSPS) is 23.6. The Balaban J connectivity index is 1.76. The lowest BCUT2D eigenvalue weighted by Gasteiger charge is -2.00. The summed E-state index contributed by atoms with van der Waals surface area (Å²) in [6.07, 6.45) is 8.02. The van der Waals surface area contributed by atoms with Gasteiger partial charge >= 0.3 is 0 Å². The predicted molar refractivity (Wildman–Crippen MR) is 66.5 cm³/mol. The highest BCUT2D eigenvalue weighted by Gasteiger charge is 2.38. The van der Waals surface area contributed by atoms with E-state index >= 15 is 0 Å². The molecule has 0 aliphatic heterocycles. The molecule has 3 nitrogen and oxygen atoms in total. The third-order valence-corrected chi connectivity index (χ3v) is 3.29. The monoisotopic (exact) mass is 221 g/mol. The minimum absolute atomic E-state index is 0.773. The maximum absolute atomic E-state index is 4.39. The lowest BCUT2D eigenvalue weighted by Crippen LogP contribution is -2.17. The number of nitrogens with zero attached hydrogens (tertiary/aromatic N) is 2. The summed E-state index contributed by atoms with van der Waals surface area (Å²) in [5, 5.41) is 7.90. The molecule has 2 rings (SSSR count). The number of hydrogen-bond acceptors (Lipinski definition) is 2. The summed E-state index contributed by atoms with van der Waals surface area (Å²) >= 11 is 0. The number of aromatic nitrogens is 2. The van der Waals surface area contributed by atoms with Crippen LogP contribution >= 0.6 is 0 Å². The van der Waals surface area contributed by atoms with Crippen LogP contribution in [0.2, 0.25) is 0 Å². The summed E-state index contributed by atoms with van der Waals surface area (Å²) in [7, 11) is 0. The summed E-state index contributed by atoms with van der Waals surface area (Å²) in [6.45, 7) is 7.78. The molecule has 0 radical (unpaired) electrons. The largest absolute Gasteiger partial charge is 0.316 e. The highest BCUT2D eigenvalue weighted by atomic mass is 15.3. The molecule has 1 heterocycles. The molecule has 0 bridgehead atoms. The molecule has 0 aromatic carbocycles. The van der Waals surface area contributed by atoms with E-state index in [2.05, 4.69) is 41.3 Å². The lowest BCUT2D eigenvalue weighted by molar-refractivity contribution is 0.601. The van der Waals surface area contributed by atoms with Crippen LogP contribution < -0.4 is 5.32 Å². The van der Waals surface area contributed by atoms with Crippen molar-refractivity contribution in [3.8, 4) is 0 Å². The number of hydrogen-bond donors (Lipinski definition) is 1. The Labute approximate surface area is 98.2 Å².